The van der Waals surface area contributed by atoms with Gasteiger partial charge in [0.1, 0.15) is 5.82 Å². The van der Waals surface area contributed by atoms with Gasteiger partial charge in [0.15, 0.2) is 0 Å². The number of thioether (sulfide) groups is 1. The summed E-state index contributed by atoms with van der Waals surface area (Å²) < 4.78 is 18.3. The molecule has 0 aliphatic rings. The van der Waals surface area contributed by atoms with Gasteiger partial charge in [-0.25, -0.2) is 4.39 Å². The van der Waals surface area contributed by atoms with Gasteiger partial charge < -0.3 is 4.74 Å². The summed E-state index contributed by atoms with van der Waals surface area (Å²) in [6.45, 7) is 5.99. The minimum absolute atomic E-state index is 0.194. The Balaban J connectivity index is 2.34. The molecule has 0 aliphatic carbocycles. The Morgan fingerprint density at radius 1 is 1.37 bits per heavy atom. The molecule has 0 atom stereocenters. The maximum atomic E-state index is 13.4. The molecule has 0 saturated heterocycles. The van der Waals surface area contributed by atoms with Crippen LogP contribution in [0.5, 0.6) is 0 Å². The van der Waals surface area contributed by atoms with Crippen molar-refractivity contribution in [2.45, 2.75) is 18.7 Å². The SMILES string of the molecule is CCOC(=O)CN(CC)CCSc1ccccc1F. The number of carbonyl (C=O) groups excluding carboxylic acids is 1. The van der Waals surface area contributed by atoms with Gasteiger partial charge in [0.05, 0.1) is 13.2 Å². The van der Waals surface area contributed by atoms with Gasteiger partial charge in [0.2, 0.25) is 0 Å². The molecule has 1 aromatic rings. The first-order chi connectivity index (χ1) is 9.17. The normalized spacial score (nSPS) is 10.7. The van der Waals surface area contributed by atoms with Crippen molar-refractivity contribution in [3.8, 4) is 0 Å². The second-order valence-corrected chi connectivity index (χ2v) is 5.09. The van der Waals surface area contributed by atoms with Gasteiger partial charge in [-0.05, 0) is 25.6 Å². The Bertz CT molecular complexity index is 401. The van der Waals surface area contributed by atoms with E-state index >= 15 is 0 Å². The molecule has 19 heavy (non-hydrogen) atoms. The number of hydrogen-bond donors (Lipinski definition) is 0. The molecule has 0 N–H and O–H groups in total. The van der Waals surface area contributed by atoms with Gasteiger partial charge in [-0.1, -0.05) is 19.1 Å². The highest BCUT2D eigenvalue weighted by Crippen LogP contribution is 2.20. The van der Waals surface area contributed by atoms with E-state index in [0.29, 0.717) is 18.0 Å². The predicted molar refractivity (Wildman–Crippen MR) is 75.9 cm³/mol. The van der Waals surface area contributed by atoms with E-state index in [9.17, 15) is 9.18 Å². The van der Waals surface area contributed by atoms with Crippen LogP contribution < -0.4 is 0 Å². The quantitative estimate of drug-likeness (QED) is 0.542. The molecule has 0 aromatic heterocycles. The fourth-order valence-electron chi connectivity index (χ4n) is 1.58. The maximum Gasteiger partial charge on any atom is 0.320 e. The highest BCUT2D eigenvalue weighted by atomic mass is 32.2. The van der Waals surface area contributed by atoms with E-state index in [2.05, 4.69) is 0 Å². The van der Waals surface area contributed by atoms with Crippen molar-refractivity contribution in [1.82, 2.24) is 4.90 Å². The van der Waals surface area contributed by atoms with Crippen LogP contribution in [0.25, 0.3) is 0 Å². The Labute approximate surface area is 118 Å². The van der Waals surface area contributed by atoms with E-state index in [0.717, 1.165) is 18.8 Å². The van der Waals surface area contributed by atoms with Gasteiger partial charge in [-0.3, -0.25) is 9.69 Å². The van der Waals surface area contributed by atoms with Crippen molar-refractivity contribution >= 4 is 17.7 Å². The lowest BCUT2D eigenvalue weighted by molar-refractivity contribution is -0.144. The van der Waals surface area contributed by atoms with Crippen molar-refractivity contribution in [3.63, 3.8) is 0 Å². The number of likely N-dealkylation sites (N-methyl/N-ethyl adjacent to an activating group) is 1. The van der Waals surface area contributed by atoms with Crippen LogP contribution in [-0.4, -0.2) is 42.9 Å². The number of benzene rings is 1. The smallest absolute Gasteiger partial charge is 0.320 e. The standard InChI is InChI=1S/C14H20FNO2S/c1-3-16(11-14(17)18-4-2)9-10-19-13-8-6-5-7-12(13)15/h5-8H,3-4,9-11H2,1-2H3. The van der Waals surface area contributed by atoms with E-state index in [1.165, 1.54) is 17.8 Å². The van der Waals surface area contributed by atoms with Crippen molar-refractivity contribution < 1.29 is 13.9 Å². The number of ether oxygens (including phenoxy) is 1. The zero-order valence-corrected chi connectivity index (χ0v) is 12.2. The Morgan fingerprint density at radius 2 is 2.11 bits per heavy atom. The van der Waals surface area contributed by atoms with E-state index in [4.69, 9.17) is 4.74 Å². The summed E-state index contributed by atoms with van der Waals surface area (Å²) in [5, 5.41) is 0. The third kappa shape index (κ3) is 6.07. The molecule has 1 aromatic carbocycles. The summed E-state index contributed by atoms with van der Waals surface area (Å²) in [5.41, 5.74) is 0. The summed E-state index contributed by atoms with van der Waals surface area (Å²) in [4.78, 5) is 14.0. The minimum Gasteiger partial charge on any atom is -0.465 e. The molecule has 0 amide bonds. The van der Waals surface area contributed by atoms with Crippen molar-refractivity contribution in [3.05, 3.63) is 30.1 Å². The van der Waals surface area contributed by atoms with Crippen LogP contribution in [0.4, 0.5) is 4.39 Å². The van der Waals surface area contributed by atoms with Gasteiger partial charge in [0, 0.05) is 17.2 Å². The van der Waals surface area contributed by atoms with E-state index < -0.39 is 0 Å². The number of halogens is 1. The first-order valence-electron chi connectivity index (χ1n) is 6.42. The molecule has 3 nitrogen and oxygen atoms in total. The molecule has 0 radical (unpaired) electrons. The number of hydrogen-bond acceptors (Lipinski definition) is 4. The van der Waals surface area contributed by atoms with E-state index in [1.807, 2.05) is 17.9 Å². The molecule has 5 heteroatoms. The van der Waals surface area contributed by atoms with Gasteiger partial charge in [-0.2, -0.15) is 0 Å². The molecule has 1 rings (SSSR count). The molecule has 0 saturated carbocycles. The second-order valence-electron chi connectivity index (χ2n) is 3.95. The number of esters is 1. The summed E-state index contributed by atoms with van der Waals surface area (Å²) in [5.74, 6) is 0.343. The van der Waals surface area contributed by atoms with Crippen LogP contribution in [0.15, 0.2) is 29.2 Å². The summed E-state index contributed by atoms with van der Waals surface area (Å²) in [7, 11) is 0. The molecule has 0 spiro atoms. The third-order valence-corrected chi connectivity index (χ3v) is 3.64. The van der Waals surface area contributed by atoms with Gasteiger partial charge in [0.25, 0.3) is 0 Å². The molecule has 0 bridgehead atoms. The fraction of sp³-hybridized carbons (Fsp3) is 0.500. The molecule has 0 aliphatic heterocycles. The van der Waals surface area contributed by atoms with Crippen LogP contribution in [0.1, 0.15) is 13.8 Å². The highest BCUT2D eigenvalue weighted by Gasteiger charge is 2.10. The lowest BCUT2D eigenvalue weighted by Crippen LogP contribution is -2.32. The van der Waals surface area contributed by atoms with E-state index in [1.54, 1.807) is 19.1 Å². The first kappa shape index (κ1) is 16.0. The molecule has 0 unspecified atom stereocenters. The summed E-state index contributed by atoms with van der Waals surface area (Å²) >= 11 is 1.46. The van der Waals surface area contributed by atoms with Crippen LogP contribution in [0, 0.1) is 5.82 Å². The highest BCUT2D eigenvalue weighted by molar-refractivity contribution is 7.99. The van der Waals surface area contributed by atoms with Crippen LogP contribution in [0.2, 0.25) is 0 Å². The monoisotopic (exact) mass is 285 g/mol. The maximum absolute atomic E-state index is 13.4. The molecule has 0 fully saturated rings. The zero-order chi connectivity index (χ0) is 14.1. The Morgan fingerprint density at radius 3 is 2.74 bits per heavy atom. The number of carbonyl (C=O) groups is 1. The predicted octanol–water partition coefficient (Wildman–Crippen LogP) is 2.80. The minimum atomic E-state index is -0.208. The molecular weight excluding hydrogens is 265 g/mol. The van der Waals surface area contributed by atoms with Crippen molar-refractivity contribution in [1.29, 1.82) is 0 Å². The number of rotatable bonds is 8. The van der Waals surface area contributed by atoms with Crippen molar-refractivity contribution in [2.75, 3.05) is 32.0 Å². The Kier molecular flexibility index (Phi) is 7.52. The summed E-state index contributed by atoms with van der Waals surface area (Å²) in [6.07, 6.45) is 0. The van der Waals surface area contributed by atoms with Crippen LogP contribution in [0.3, 0.4) is 0 Å². The van der Waals surface area contributed by atoms with Crippen LogP contribution in [-0.2, 0) is 9.53 Å². The average Bonchev–Trinajstić information content (AvgIpc) is 2.40. The van der Waals surface area contributed by atoms with Gasteiger partial charge in [-0.15, -0.1) is 11.8 Å². The lowest BCUT2D eigenvalue weighted by atomic mass is 10.3. The van der Waals surface area contributed by atoms with E-state index in [-0.39, 0.29) is 11.8 Å². The third-order valence-electron chi connectivity index (χ3n) is 2.61. The topological polar surface area (TPSA) is 29.5 Å². The van der Waals surface area contributed by atoms with Gasteiger partial charge >= 0.3 is 5.97 Å². The molecule has 0 heterocycles. The first-order valence-corrected chi connectivity index (χ1v) is 7.41. The average molecular weight is 285 g/mol. The van der Waals surface area contributed by atoms with Crippen LogP contribution >= 0.6 is 11.8 Å². The lowest BCUT2D eigenvalue weighted by Gasteiger charge is -2.18. The summed E-state index contributed by atoms with van der Waals surface area (Å²) in [6, 6.07) is 6.72. The largest absolute Gasteiger partial charge is 0.465 e. The second kappa shape index (κ2) is 8.93. The van der Waals surface area contributed by atoms with Crippen molar-refractivity contribution in [2.24, 2.45) is 0 Å². The molecular formula is C14H20FNO2S. The zero-order valence-electron chi connectivity index (χ0n) is 11.4. The molecule has 106 valence electrons. The Hall–Kier alpha value is -1.07. The fourth-order valence-corrected chi connectivity index (χ4v) is 2.53. The number of nitrogens with zero attached hydrogens (tertiary/aromatic N) is 1.